The summed E-state index contributed by atoms with van der Waals surface area (Å²) in [5.41, 5.74) is 2.14. The van der Waals surface area contributed by atoms with Gasteiger partial charge in [0.25, 0.3) is 0 Å². The second-order valence-electron chi connectivity index (χ2n) is 6.82. The van der Waals surface area contributed by atoms with Crippen LogP contribution in [-0.4, -0.2) is 35.9 Å². The van der Waals surface area contributed by atoms with Gasteiger partial charge in [-0.2, -0.15) is 0 Å². The van der Waals surface area contributed by atoms with Gasteiger partial charge in [-0.1, -0.05) is 24.3 Å². The van der Waals surface area contributed by atoms with E-state index in [0.29, 0.717) is 34.9 Å². The van der Waals surface area contributed by atoms with Crippen LogP contribution < -0.4 is 4.74 Å². The summed E-state index contributed by atoms with van der Waals surface area (Å²) in [6.45, 7) is 2.24. The Kier molecular flexibility index (Phi) is 5.59. The number of oxazole rings is 1. The number of aliphatic carboxylic acids is 1. The lowest BCUT2D eigenvalue weighted by Gasteiger charge is -2.13. The van der Waals surface area contributed by atoms with Gasteiger partial charge in [0.15, 0.2) is 6.08 Å². The van der Waals surface area contributed by atoms with Crippen LogP contribution in [0.15, 0.2) is 58.3 Å². The minimum Gasteiger partial charge on any atom is -0.493 e. The van der Waals surface area contributed by atoms with E-state index in [2.05, 4.69) is 4.98 Å². The fourth-order valence-corrected chi connectivity index (χ4v) is 4.17. The van der Waals surface area contributed by atoms with E-state index in [1.54, 1.807) is 12.1 Å². The van der Waals surface area contributed by atoms with Gasteiger partial charge in [0, 0.05) is 36.9 Å². The van der Waals surface area contributed by atoms with Gasteiger partial charge in [-0.3, -0.25) is 0 Å². The first-order chi connectivity index (χ1) is 15.8. The molecule has 0 amide bonds. The number of thiophene rings is 1. The molecule has 2 aromatic carbocycles. The Morgan fingerprint density at radius 2 is 2.10 bits per heavy atom. The highest BCUT2D eigenvalue weighted by Gasteiger charge is 2.19. The van der Waals surface area contributed by atoms with Crippen molar-refractivity contribution in [1.82, 2.24) is 4.98 Å². The third kappa shape index (κ3) is 4.62. The molecule has 1 unspecified atom stereocenters. The molecule has 0 spiro atoms. The molecule has 2 aromatic heterocycles. The minimum atomic E-state index is -2.40. The van der Waals surface area contributed by atoms with Crippen LogP contribution in [0, 0.1) is 6.92 Å². The van der Waals surface area contributed by atoms with Crippen molar-refractivity contribution >= 4 is 27.4 Å². The van der Waals surface area contributed by atoms with Crippen molar-refractivity contribution in [1.29, 1.82) is 0 Å². The first-order valence-corrected chi connectivity index (χ1v) is 10.6. The van der Waals surface area contributed by atoms with Crippen molar-refractivity contribution in [2.45, 2.75) is 25.8 Å². The first kappa shape index (κ1) is 18.6. The SMILES string of the molecule is [2H]C(c1ccc(OCCc2nc(-c3ccccc3)oc2C)c2ccsc12)[C@]([2H])(OC)C(=O)O. The number of ether oxygens (including phenoxy) is 2. The Morgan fingerprint density at radius 1 is 1.29 bits per heavy atom. The molecule has 0 aliphatic carbocycles. The quantitative estimate of drug-likeness (QED) is 0.389. The number of rotatable bonds is 9. The smallest absolute Gasteiger partial charge is 0.333 e. The van der Waals surface area contributed by atoms with Crippen molar-refractivity contribution in [3.63, 3.8) is 0 Å². The Morgan fingerprint density at radius 3 is 2.84 bits per heavy atom. The number of carbonyl (C=O) groups is 1. The number of hydrogen-bond donors (Lipinski definition) is 1. The van der Waals surface area contributed by atoms with Crippen LogP contribution >= 0.6 is 11.3 Å². The zero-order chi connectivity index (χ0) is 23.6. The number of carboxylic acids is 1. The molecule has 0 bridgehead atoms. The average molecular weight is 440 g/mol. The maximum atomic E-state index is 11.5. The second kappa shape index (κ2) is 9.32. The Balaban J connectivity index is 1.51. The van der Waals surface area contributed by atoms with Crippen LogP contribution in [0.3, 0.4) is 0 Å². The highest BCUT2D eigenvalue weighted by Crippen LogP contribution is 2.34. The topological polar surface area (TPSA) is 81.8 Å². The Labute approximate surface area is 186 Å². The predicted octanol–water partition coefficient (Wildman–Crippen LogP) is 5.13. The minimum absolute atomic E-state index is 0.367. The van der Waals surface area contributed by atoms with Crippen LogP contribution in [0.2, 0.25) is 0 Å². The molecule has 1 N–H and O–H groups in total. The molecule has 0 radical (unpaired) electrons. The summed E-state index contributed by atoms with van der Waals surface area (Å²) in [4.78, 5) is 16.1. The molecule has 4 aromatic rings. The molecule has 4 rings (SSSR count). The maximum Gasteiger partial charge on any atom is 0.333 e. The van der Waals surface area contributed by atoms with E-state index in [1.165, 1.54) is 11.3 Å². The van der Waals surface area contributed by atoms with Gasteiger partial charge in [0.2, 0.25) is 5.89 Å². The van der Waals surface area contributed by atoms with Crippen LogP contribution in [0.25, 0.3) is 21.5 Å². The van der Waals surface area contributed by atoms with E-state index in [-0.39, 0.29) is 0 Å². The number of methoxy groups -OCH3 is 1. The number of hydrogen-bond acceptors (Lipinski definition) is 6. The maximum absolute atomic E-state index is 11.5. The molecule has 2 heterocycles. The molecule has 0 aliphatic heterocycles. The fraction of sp³-hybridized carbons (Fsp3) is 0.250. The average Bonchev–Trinajstić information content (AvgIpc) is 3.46. The highest BCUT2D eigenvalue weighted by atomic mass is 32.1. The van der Waals surface area contributed by atoms with E-state index < -0.39 is 18.4 Å². The normalized spacial score (nSPS) is 15.2. The Bertz CT molecular complexity index is 1270. The van der Waals surface area contributed by atoms with Crippen molar-refractivity contribution in [3.8, 4) is 17.2 Å². The molecule has 0 fully saturated rings. The molecule has 6 nitrogen and oxygen atoms in total. The number of carboxylic acid groups (broad SMARTS) is 1. The standard InChI is InChI=1S/C24H23NO5S/c1-15-19(25-23(30-15)16-6-4-3-5-7-16)10-12-29-20-9-8-17(14-21(28-2)24(26)27)22-18(20)11-13-31-22/h3-9,11,13,21H,10,12,14H2,1-2H3,(H,26,27)/t21-/m0/s1/i14D,21D/t14?,21-. The number of aromatic nitrogens is 1. The first-order valence-electron chi connectivity index (χ1n) is 10.8. The van der Waals surface area contributed by atoms with Gasteiger partial charge in [0.1, 0.15) is 11.5 Å². The van der Waals surface area contributed by atoms with Crippen molar-refractivity contribution in [2.75, 3.05) is 13.7 Å². The van der Waals surface area contributed by atoms with E-state index >= 15 is 0 Å². The van der Waals surface area contributed by atoms with E-state index in [4.69, 9.17) is 16.6 Å². The van der Waals surface area contributed by atoms with Crippen molar-refractivity contribution in [3.05, 3.63) is 70.9 Å². The van der Waals surface area contributed by atoms with E-state index in [9.17, 15) is 9.90 Å². The molecular formula is C24H23NO5S. The lowest BCUT2D eigenvalue weighted by molar-refractivity contribution is -0.148. The zero-order valence-corrected chi connectivity index (χ0v) is 17.9. The van der Waals surface area contributed by atoms with Gasteiger partial charge < -0.3 is 19.0 Å². The lowest BCUT2D eigenvalue weighted by Crippen LogP contribution is -2.24. The number of aryl methyl sites for hydroxylation is 1. The molecule has 2 atom stereocenters. The fourth-order valence-electron chi connectivity index (χ4n) is 3.27. The van der Waals surface area contributed by atoms with Gasteiger partial charge in [-0.15, -0.1) is 11.3 Å². The summed E-state index contributed by atoms with van der Waals surface area (Å²) in [5.74, 6) is 0.429. The highest BCUT2D eigenvalue weighted by molar-refractivity contribution is 7.17. The third-order valence-corrected chi connectivity index (χ3v) is 5.80. The molecular weight excluding hydrogens is 414 g/mol. The monoisotopic (exact) mass is 439 g/mol. The summed E-state index contributed by atoms with van der Waals surface area (Å²) in [7, 11) is 1.13. The largest absolute Gasteiger partial charge is 0.493 e. The summed E-state index contributed by atoms with van der Waals surface area (Å²) in [6, 6.07) is 14.9. The molecule has 0 saturated carbocycles. The third-order valence-electron chi connectivity index (χ3n) is 4.83. The van der Waals surface area contributed by atoms with Gasteiger partial charge in [-0.05, 0) is 42.1 Å². The van der Waals surface area contributed by atoms with Crippen LogP contribution in [0.5, 0.6) is 5.75 Å². The summed E-state index contributed by atoms with van der Waals surface area (Å²) < 4.78 is 33.9. The molecule has 160 valence electrons. The number of nitrogens with zero attached hydrogens (tertiary/aromatic N) is 1. The molecule has 31 heavy (non-hydrogen) atoms. The molecule has 7 heteroatoms. The second-order valence-corrected chi connectivity index (χ2v) is 7.74. The number of fused-ring (bicyclic) bond motifs is 1. The van der Waals surface area contributed by atoms with Crippen LogP contribution in [-0.2, 0) is 22.3 Å². The summed E-state index contributed by atoms with van der Waals surface area (Å²) >= 11 is 1.37. The van der Waals surface area contributed by atoms with Crippen molar-refractivity contribution < 1.29 is 26.5 Å². The van der Waals surface area contributed by atoms with E-state index in [1.807, 2.05) is 48.7 Å². The predicted molar refractivity (Wildman–Crippen MR) is 120 cm³/mol. The lowest BCUT2D eigenvalue weighted by atomic mass is 10.1. The van der Waals surface area contributed by atoms with Gasteiger partial charge in [0.05, 0.1) is 13.7 Å². The summed E-state index contributed by atoms with van der Waals surface area (Å²) in [6.07, 6.45) is -3.28. The van der Waals surface area contributed by atoms with Crippen LogP contribution in [0.4, 0.5) is 0 Å². The zero-order valence-electron chi connectivity index (χ0n) is 19.1. The Hall–Kier alpha value is -3.16. The summed E-state index contributed by atoms with van der Waals surface area (Å²) in [5, 5.41) is 12.0. The molecule has 0 aliphatic rings. The van der Waals surface area contributed by atoms with Gasteiger partial charge in [-0.25, -0.2) is 9.78 Å². The van der Waals surface area contributed by atoms with E-state index in [0.717, 1.165) is 29.5 Å². The molecule has 0 saturated heterocycles. The van der Waals surface area contributed by atoms with Gasteiger partial charge >= 0.3 is 5.97 Å². The van der Waals surface area contributed by atoms with Crippen LogP contribution in [0.1, 0.15) is 19.8 Å². The van der Waals surface area contributed by atoms with Crippen molar-refractivity contribution in [2.24, 2.45) is 0 Å². The number of benzene rings is 2.